The lowest BCUT2D eigenvalue weighted by Crippen LogP contribution is -2.38. The van der Waals surface area contributed by atoms with Crippen LogP contribution in [0.2, 0.25) is 0 Å². The van der Waals surface area contributed by atoms with Gasteiger partial charge in [-0.1, -0.05) is 24.3 Å². The molecule has 100 valence electrons. The molecule has 0 atom stereocenters. The SMILES string of the molecule is COCc1ccccc1CNC(=O)CC(C)(C)N. The zero-order valence-electron chi connectivity index (χ0n) is 11.3. The molecule has 0 fully saturated rings. The van der Waals surface area contributed by atoms with E-state index in [1.807, 2.05) is 38.1 Å². The van der Waals surface area contributed by atoms with Crippen LogP contribution >= 0.6 is 0 Å². The average Bonchev–Trinajstić information content (AvgIpc) is 2.26. The van der Waals surface area contributed by atoms with Crippen LogP contribution in [0.15, 0.2) is 24.3 Å². The van der Waals surface area contributed by atoms with Crippen LogP contribution < -0.4 is 11.1 Å². The molecule has 0 aliphatic carbocycles. The minimum absolute atomic E-state index is 0.0327. The van der Waals surface area contributed by atoms with Gasteiger partial charge >= 0.3 is 0 Å². The summed E-state index contributed by atoms with van der Waals surface area (Å²) in [5.74, 6) is -0.0327. The lowest BCUT2D eigenvalue weighted by molar-refractivity contribution is -0.122. The van der Waals surface area contributed by atoms with Gasteiger partial charge in [-0.05, 0) is 25.0 Å². The van der Waals surface area contributed by atoms with Gasteiger partial charge in [0, 0.05) is 25.6 Å². The van der Waals surface area contributed by atoms with E-state index in [1.165, 1.54) is 0 Å². The van der Waals surface area contributed by atoms with Crippen molar-refractivity contribution in [3.63, 3.8) is 0 Å². The minimum atomic E-state index is -0.476. The zero-order chi connectivity index (χ0) is 13.6. The van der Waals surface area contributed by atoms with Gasteiger partial charge in [-0.3, -0.25) is 4.79 Å². The van der Waals surface area contributed by atoms with Gasteiger partial charge in [0.25, 0.3) is 0 Å². The molecule has 3 N–H and O–H groups in total. The Labute approximate surface area is 109 Å². The number of nitrogens with two attached hydrogens (primary N) is 1. The summed E-state index contributed by atoms with van der Waals surface area (Å²) in [4.78, 5) is 11.7. The smallest absolute Gasteiger partial charge is 0.222 e. The molecule has 1 aromatic carbocycles. The molecule has 0 bridgehead atoms. The van der Waals surface area contributed by atoms with Gasteiger partial charge in [-0.25, -0.2) is 0 Å². The van der Waals surface area contributed by atoms with Crippen molar-refractivity contribution in [1.29, 1.82) is 0 Å². The number of methoxy groups -OCH3 is 1. The standard InChI is InChI=1S/C14H22N2O2/c1-14(2,15)8-13(17)16-9-11-6-4-5-7-12(11)10-18-3/h4-7H,8-10,15H2,1-3H3,(H,16,17). The third kappa shape index (κ3) is 5.29. The van der Waals surface area contributed by atoms with Gasteiger partial charge in [-0.2, -0.15) is 0 Å². The molecule has 1 rings (SSSR count). The molecule has 4 nitrogen and oxygen atoms in total. The van der Waals surface area contributed by atoms with Crippen LogP contribution in [0.25, 0.3) is 0 Å². The number of hydrogen-bond donors (Lipinski definition) is 2. The molecular weight excluding hydrogens is 228 g/mol. The molecule has 18 heavy (non-hydrogen) atoms. The third-order valence-electron chi connectivity index (χ3n) is 2.51. The van der Waals surface area contributed by atoms with Gasteiger partial charge in [-0.15, -0.1) is 0 Å². The van der Waals surface area contributed by atoms with E-state index in [4.69, 9.17) is 10.5 Å². The highest BCUT2D eigenvalue weighted by molar-refractivity contribution is 5.77. The number of ether oxygens (including phenoxy) is 1. The molecule has 0 aromatic heterocycles. The van der Waals surface area contributed by atoms with Crippen molar-refractivity contribution in [3.8, 4) is 0 Å². The third-order valence-corrected chi connectivity index (χ3v) is 2.51. The first-order valence-electron chi connectivity index (χ1n) is 6.03. The van der Waals surface area contributed by atoms with E-state index in [9.17, 15) is 4.79 Å². The number of hydrogen-bond acceptors (Lipinski definition) is 3. The Morgan fingerprint density at radius 1 is 1.33 bits per heavy atom. The first-order chi connectivity index (χ1) is 8.42. The monoisotopic (exact) mass is 250 g/mol. The molecule has 0 aliphatic rings. The molecule has 0 spiro atoms. The van der Waals surface area contributed by atoms with Crippen molar-refractivity contribution < 1.29 is 9.53 Å². The van der Waals surface area contributed by atoms with Crippen molar-refractivity contribution in [1.82, 2.24) is 5.32 Å². The molecule has 0 saturated carbocycles. The van der Waals surface area contributed by atoms with E-state index in [2.05, 4.69) is 5.32 Å². The summed E-state index contributed by atoms with van der Waals surface area (Å²) in [6.07, 6.45) is 0.319. The number of carbonyl (C=O) groups is 1. The number of benzene rings is 1. The Morgan fingerprint density at radius 2 is 1.94 bits per heavy atom. The average molecular weight is 250 g/mol. The van der Waals surface area contributed by atoms with E-state index in [1.54, 1.807) is 7.11 Å². The minimum Gasteiger partial charge on any atom is -0.380 e. The van der Waals surface area contributed by atoms with E-state index in [-0.39, 0.29) is 5.91 Å². The summed E-state index contributed by atoms with van der Waals surface area (Å²) in [5, 5.41) is 2.88. The number of nitrogens with one attached hydrogen (secondary N) is 1. The maximum absolute atomic E-state index is 11.7. The first kappa shape index (κ1) is 14.7. The Morgan fingerprint density at radius 3 is 2.50 bits per heavy atom. The summed E-state index contributed by atoms with van der Waals surface area (Å²) in [7, 11) is 1.66. The quantitative estimate of drug-likeness (QED) is 0.805. The van der Waals surface area contributed by atoms with Crippen molar-refractivity contribution in [2.24, 2.45) is 5.73 Å². The fourth-order valence-corrected chi connectivity index (χ4v) is 1.70. The predicted octanol–water partition coefficient (Wildman–Crippen LogP) is 1.58. The van der Waals surface area contributed by atoms with Crippen LogP contribution in [-0.4, -0.2) is 18.6 Å². The number of rotatable bonds is 6. The maximum atomic E-state index is 11.7. The van der Waals surface area contributed by atoms with Gasteiger partial charge in [0.15, 0.2) is 0 Å². The molecule has 1 amide bonds. The maximum Gasteiger partial charge on any atom is 0.222 e. The van der Waals surface area contributed by atoms with Crippen molar-refractivity contribution >= 4 is 5.91 Å². The highest BCUT2D eigenvalue weighted by atomic mass is 16.5. The molecule has 0 saturated heterocycles. The van der Waals surface area contributed by atoms with Crippen LogP contribution in [0.5, 0.6) is 0 Å². The van der Waals surface area contributed by atoms with E-state index in [0.29, 0.717) is 19.6 Å². The van der Waals surface area contributed by atoms with Crippen LogP contribution in [0.3, 0.4) is 0 Å². The summed E-state index contributed by atoms with van der Waals surface area (Å²) in [6.45, 7) is 4.74. The lowest BCUT2D eigenvalue weighted by atomic mass is 10.0. The molecule has 0 heterocycles. The fourth-order valence-electron chi connectivity index (χ4n) is 1.70. The second-order valence-electron chi connectivity index (χ2n) is 5.14. The Hall–Kier alpha value is -1.39. The topological polar surface area (TPSA) is 64.3 Å². The largest absolute Gasteiger partial charge is 0.380 e. The van der Waals surface area contributed by atoms with Gasteiger partial charge in [0.1, 0.15) is 0 Å². The Bertz CT molecular complexity index is 397. The van der Waals surface area contributed by atoms with E-state index < -0.39 is 5.54 Å². The molecular formula is C14H22N2O2. The second kappa shape index (κ2) is 6.52. The predicted molar refractivity (Wildman–Crippen MR) is 71.9 cm³/mol. The first-order valence-corrected chi connectivity index (χ1v) is 6.03. The van der Waals surface area contributed by atoms with Gasteiger partial charge in [0.05, 0.1) is 6.61 Å². The Kier molecular flexibility index (Phi) is 5.31. The molecule has 4 heteroatoms. The van der Waals surface area contributed by atoms with Gasteiger partial charge < -0.3 is 15.8 Å². The highest BCUT2D eigenvalue weighted by Crippen LogP contribution is 2.10. The summed E-state index contributed by atoms with van der Waals surface area (Å²) >= 11 is 0. The van der Waals surface area contributed by atoms with Crippen molar-refractivity contribution in [2.75, 3.05) is 7.11 Å². The van der Waals surface area contributed by atoms with Gasteiger partial charge in [0.2, 0.25) is 5.91 Å². The van der Waals surface area contributed by atoms with Crippen molar-refractivity contribution in [3.05, 3.63) is 35.4 Å². The van der Waals surface area contributed by atoms with Crippen LogP contribution in [-0.2, 0) is 22.7 Å². The molecule has 1 aromatic rings. The van der Waals surface area contributed by atoms with Crippen LogP contribution in [0, 0.1) is 0 Å². The van der Waals surface area contributed by atoms with Crippen molar-refractivity contribution in [2.45, 2.75) is 39.0 Å². The Balaban J connectivity index is 2.55. The molecule has 0 aliphatic heterocycles. The normalized spacial score (nSPS) is 11.3. The summed E-state index contributed by atoms with van der Waals surface area (Å²) < 4.78 is 5.12. The zero-order valence-corrected chi connectivity index (χ0v) is 11.3. The van der Waals surface area contributed by atoms with Crippen LogP contribution in [0.1, 0.15) is 31.4 Å². The summed E-state index contributed by atoms with van der Waals surface area (Å²) in [6, 6.07) is 7.90. The molecule has 0 unspecified atom stereocenters. The van der Waals surface area contributed by atoms with E-state index >= 15 is 0 Å². The second-order valence-corrected chi connectivity index (χ2v) is 5.14. The molecule has 0 radical (unpaired) electrons. The number of amides is 1. The van der Waals surface area contributed by atoms with Crippen LogP contribution in [0.4, 0.5) is 0 Å². The summed E-state index contributed by atoms with van der Waals surface area (Å²) in [5.41, 5.74) is 7.49. The lowest BCUT2D eigenvalue weighted by Gasteiger charge is -2.18. The highest BCUT2D eigenvalue weighted by Gasteiger charge is 2.16. The van der Waals surface area contributed by atoms with E-state index in [0.717, 1.165) is 11.1 Å². The number of carbonyl (C=O) groups excluding carboxylic acids is 1. The fraction of sp³-hybridized carbons (Fsp3) is 0.500.